The number of β-amino-alcohol motifs (C(OH)–C–C–N with tert-alkyl or cyclic N) is 1. The highest BCUT2D eigenvalue weighted by molar-refractivity contribution is 5.90. The smallest absolute Gasteiger partial charge is 0.228 e. The minimum atomic E-state index is -0.435. The zero-order valence-electron chi connectivity index (χ0n) is 12.9. The summed E-state index contributed by atoms with van der Waals surface area (Å²) in [4.78, 5) is 30.5. The summed E-state index contributed by atoms with van der Waals surface area (Å²) >= 11 is 0. The quantitative estimate of drug-likeness (QED) is 0.761. The van der Waals surface area contributed by atoms with Crippen molar-refractivity contribution in [2.45, 2.75) is 43.9 Å². The van der Waals surface area contributed by atoms with Gasteiger partial charge in [-0.1, -0.05) is 0 Å². The zero-order valence-corrected chi connectivity index (χ0v) is 12.9. The molecule has 3 rings (SSSR count). The minimum Gasteiger partial charge on any atom is -0.391 e. The van der Waals surface area contributed by atoms with Crippen molar-refractivity contribution < 1.29 is 14.7 Å². The molecule has 1 aliphatic carbocycles. The van der Waals surface area contributed by atoms with Gasteiger partial charge in [-0.2, -0.15) is 0 Å². The van der Waals surface area contributed by atoms with E-state index in [1.54, 1.807) is 4.90 Å². The van der Waals surface area contributed by atoms with E-state index >= 15 is 0 Å². The fourth-order valence-corrected chi connectivity index (χ4v) is 3.63. The second-order valence-electron chi connectivity index (χ2n) is 6.97. The Morgan fingerprint density at radius 1 is 1.33 bits per heavy atom. The molecular formula is C15H25N3O3. The zero-order chi connectivity index (χ0) is 15.1. The summed E-state index contributed by atoms with van der Waals surface area (Å²) in [7, 11) is 3.95. The van der Waals surface area contributed by atoms with Crippen molar-refractivity contribution in [2.24, 2.45) is 5.92 Å². The molecule has 3 unspecified atom stereocenters. The third kappa shape index (κ3) is 3.06. The Morgan fingerprint density at radius 2 is 2.05 bits per heavy atom. The van der Waals surface area contributed by atoms with Gasteiger partial charge in [0.05, 0.1) is 12.0 Å². The molecule has 0 aromatic rings. The summed E-state index contributed by atoms with van der Waals surface area (Å²) in [5.74, 6) is -0.0392. The van der Waals surface area contributed by atoms with Crippen LogP contribution in [0.1, 0.15) is 25.7 Å². The topological polar surface area (TPSA) is 64.1 Å². The van der Waals surface area contributed by atoms with E-state index in [1.807, 2.05) is 23.9 Å². The molecule has 0 bridgehead atoms. The molecule has 3 aliphatic rings. The molecule has 3 atom stereocenters. The Kier molecular flexibility index (Phi) is 3.92. The number of aliphatic hydroxyl groups excluding tert-OH is 1. The second kappa shape index (κ2) is 5.57. The minimum absolute atomic E-state index is 0.0508. The summed E-state index contributed by atoms with van der Waals surface area (Å²) in [5, 5.41) is 9.89. The third-order valence-electron chi connectivity index (χ3n) is 4.75. The average molecular weight is 295 g/mol. The molecule has 21 heavy (non-hydrogen) atoms. The van der Waals surface area contributed by atoms with Gasteiger partial charge in [-0.05, 0) is 33.4 Å². The Labute approximate surface area is 125 Å². The second-order valence-corrected chi connectivity index (χ2v) is 6.97. The van der Waals surface area contributed by atoms with E-state index < -0.39 is 6.10 Å². The predicted octanol–water partition coefficient (Wildman–Crippen LogP) is -0.479. The molecule has 6 nitrogen and oxygen atoms in total. The van der Waals surface area contributed by atoms with Gasteiger partial charge in [0.15, 0.2) is 0 Å². The van der Waals surface area contributed by atoms with E-state index in [1.165, 1.54) is 0 Å². The molecule has 1 saturated carbocycles. The van der Waals surface area contributed by atoms with E-state index in [2.05, 4.69) is 0 Å². The van der Waals surface area contributed by atoms with Crippen LogP contribution in [0.2, 0.25) is 0 Å². The lowest BCUT2D eigenvalue weighted by molar-refractivity contribution is -0.137. The van der Waals surface area contributed by atoms with E-state index in [0.29, 0.717) is 32.0 Å². The highest BCUT2D eigenvalue weighted by Crippen LogP contribution is 2.34. The van der Waals surface area contributed by atoms with Crippen molar-refractivity contribution in [3.63, 3.8) is 0 Å². The van der Waals surface area contributed by atoms with E-state index in [4.69, 9.17) is 0 Å². The van der Waals surface area contributed by atoms with Crippen molar-refractivity contribution >= 4 is 11.8 Å². The Morgan fingerprint density at radius 3 is 2.67 bits per heavy atom. The monoisotopic (exact) mass is 295 g/mol. The first-order valence-electron chi connectivity index (χ1n) is 7.88. The summed E-state index contributed by atoms with van der Waals surface area (Å²) in [5.41, 5.74) is 0. The lowest BCUT2D eigenvalue weighted by Gasteiger charge is -2.29. The first kappa shape index (κ1) is 14.8. The number of aliphatic hydroxyl groups is 1. The molecule has 2 heterocycles. The molecule has 2 saturated heterocycles. The van der Waals surface area contributed by atoms with Gasteiger partial charge < -0.3 is 19.8 Å². The van der Waals surface area contributed by atoms with Gasteiger partial charge in [0.25, 0.3) is 0 Å². The van der Waals surface area contributed by atoms with Gasteiger partial charge in [-0.25, -0.2) is 0 Å². The maximum atomic E-state index is 12.7. The molecule has 2 aliphatic heterocycles. The Bertz CT molecular complexity index is 436. The van der Waals surface area contributed by atoms with Crippen LogP contribution < -0.4 is 0 Å². The van der Waals surface area contributed by atoms with E-state index in [0.717, 1.165) is 19.4 Å². The molecule has 118 valence electrons. The van der Waals surface area contributed by atoms with Crippen LogP contribution in [0.4, 0.5) is 0 Å². The van der Waals surface area contributed by atoms with Crippen LogP contribution in [-0.2, 0) is 9.59 Å². The highest BCUT2D eigenvalue weighted by atomic mass is 16.3. The number of hydrogen-bond donors (Lipinski definition) is 1. The summed E-state index contributed by atoms with van der Waals surface area (Å²) in [6, 6.07) is 0.449. The first-order valence-corrected chi connectivity index (χ1v) is 7.88. The van der Waals surface area contributed by atoms with Gasteiger partial charge in [0, 0.05) is 38.1 Å². The molecule has 0 spiro atoms. The maximum Gasteiger partial charge on any atom is 0.228 e. The van der Waals surface area contributed by atoms with Crippen molar-refractivity contribution in [3.8, 4) is 0 Å². The van der Waals surface area contributed by atoms with Gasteiger partial charge in [0.1, 0.15) is 0 Å². The fraction of sp³-hybridized carbons (Fsp3) is 0.867. The lowest BCUT2D eigenvalue weighted by Crippen LogP contribution is -2.44. The van der Waals surface area contributed by atoms with E-state index in [-0.39, 0.29) is 23.8 Å². The molecule has 0 aromatic heterocycles. The SMILES string of the molecule is CN(C)CC1CC(O)CN1C(=O)C1CC(=O)N(C2CC2)C1. The summed E-state index contributed by atoms with van der Waals surface area (Å²) in [6.45, 7) is 1.74. The Hall–Kier alpha value is -1.14. The van der Waals surface area contributed by atoms with Gasteiger partial charge in [-0.3, -0.25) is 9.59 Å². The average Bonchev–Trinajstić information content (AvgIpc) is 3.08. The standard InChI is InChI=1S/C15H25N3O3/c1-16(2)8-12-6-13(19)9-18(12)15(21)10-5-14(20)17(7-10)11-3-4-11/h10-13,19H,3-9H2,1-2H3. The Balaban J connectivity index is 1.65. The predicted molar refractivity (Wildman–Crippen MR) is 77.5 cm³/mol. The number of amides is 2. The fourth-order valence-electron chi connectivity index (χ4n) is 3.63. The van der Waals surface area contributed by atoms with Crippen molar-refractivity contribution in [1.29, 1.82) is 0 Å². The third-order valence-corrected chi connectivity index (χ3v) is 4.75. The molecule has 0 aromatic carbocycles. The normalized spacial score (nSPS) is 33.3. The van der Waals surface area contributed by atoms with E-state index in [9.17, 15) is 14.7 Å². The number of carbonyl (C=O) groups excluding carboxylic acids is 2. The number of likely N-dealkylation sites (N-methyl/N-ethyl adjacent to an activating group) is 1. The molecule has 3 fully saturated rings. The summed E-state index contributed by atoms with van der Waals surface area (Å²) in [6.07, 6.45) is 2.71. The van der Waals surface area contributed by atoms with Crippen LogP contribution in [0, 0.1) is 5.92 Å². The van der Waals surface area contributed by atoms with Gasteiger partial charge in [-0.15, -0.1) is 0 Å². The van der Waals surface area contributed by atoms with Crippen molar-refractivity contribution in [1.82, 2.24) is 14.7 Å². The van der Waals surface area contributed by atoms with Crippen LogP contribution >= 0.6 is 0 Å². The van der Waals surface area contributed by atoms with Crippen LogP contribution in [0.3, 0.4) is 0 Å². The number of rotatable bonds is 4. The molecule has 6 heteroatoms. The van der Waals surface area contributed by atoms with Gasteiger partial charge >= 0.3 is 0 Å². The molecule has 2 amide bonds. The first-order chi connectivity index (χ1) is 9.95. The largest absolute Gasteiger partial charge is 0.391 e. The van der Waals surface area contributed by atoms with Crippen molar-refractivity contribution in [2.75, 3.05) is 33.7 Å². The molecular weight excluding hydrogens is 270 g/mol. The molecule has 0 radical (unpaired) electrons. The number of nitrogens with zero attached hydrogens (tertiary/aromatic N) is 3. The lowest BCUT2D eigenvalue weighted by atomic mass is 10.1. The number of hydrogen-bond acceptors (Lipinski definition) is 4. The molecule has 1 N–H and O–H groups in total. The van der Waals surface area contributed by atoms with Gasteiger partial charge in [0.2, 0.25) is 11.8 Å². The number of likely N-dealkylation sites (tertiary alicyclic amines) is 2. The van der Waals surface area contributed by atoms with Crippen molar-refractivity contribution in [3.05, 3.63) is 0 Å². The van der Waals surface area contributed by atoms with Crippen LogP contribution in [0.5, 0.6) is 0 Å². The number of carbonyl (C=O) groups is 2. The summed E-state index contributed by atoms with van der Waals surface area (Å²) < 4.78 is 0. The van der Waals surface area contributed by atoms with Crippen LogP contribution in [-0.4, -0.2) is 83.5 Å². The van der Waals surface area contributed by atoms with Crippen LogP contribution in [0.15, 0.2) is 0 Å². The van der Waals surface area contributed by atoms with Crippen LogP contribution in [0.25, 0.3) is 0 Å². The maximum absolute atomic E-state index is 12.7. The highest BCUT2D eigenvalue weighted by Gasteiger charge is 2.45.